The van der Waals surface area contributed by atoms with Gasteiger partial charge in [0.05, 0.1) is 4.90 Å². The zero-order chi connectivity index (χ0) is 20.5. The summed E-state index contributed by atoms with van der Waals surface area (Å²) in [5, 5.41) is 0. The Morgan fingerprint density at radius 1 is 1.07 bits per heavy atom. The molecule has 1 heterocycles. The number of carbonyl (C=O) groups is 2. The minimum atomic E-state index is -3.76. The number of amides is 2. The number of likely N-dealkylation sites (N-methyl/N-ethyl adjacent to an activating group) is 1. The van der Waals surface area contributed by atoms with Crippen LogP contribution in [0.1, 0.15) is 28.8 Å². The van der Waals surface area contributed by atoms with Crippen LogP contribution in [0.5, 0.6) is 0 Å². The fraction of sp³-hybridized carbons (Fsp3) is 0.300. The lowest BCUT2D eigenvalue weighted by molar-refractivity contribution is -0.121. The number of hydrogen-bond donors (Lipinski definition) is 1. The molecule has 1 aliphatic rings. The molecule has 0 bridgehead atoms. The van der Waals surface area contributed by atoms with Gasteiger partial charge in [-0.15, -0.1) is 0 Å². The zero-order valence-electron chi connectivity index (χ0n) is 15.8. The first kappa shape index (κ1) is 20.0. The summed E-state index contributed by atoms with van der Waals surface area (Å²) < 4.78 is 27.4. The van der Waals surface area contributed by atoms with E-state index in [9.17, 15) is 18.0 Å². The number of rotatable bonds is 5. The Morgan fingerprint density at radius 2 is 1.68 bits per heavy atom. The van der Waals surface area contributed by atoms with Crippen LogP contribution in [0.15, 0.2) is 53.4 Å². The van der Waals surface area contributed by atoms with Crippen molar-refractivity contribution in [3.05, 3.63) is 59.7 Å². The van der Waals surface area contributed by atoms with Crippen molar-refractivity contribution in [2.24, 2.45) is 5.73 Å². The summed E-state index contributed by atoms with van der Waals surface area (Å²) in [6.45, 7) is 2.19. The van der Waals surface area contributed by atoms with Crippen molar-refractivity contribution < 1.29 is 18.0 Å². The molecule has 1 aliphatic heterocycles. The Balaban J connectivity index is 1.84. The summed E-state index contributed by atoms with van der Waals surface area (Å²) >= 11 is 0. The average Bonchev–Trinajstić information content (AvgIpc) is 3.18. The number of anilines is 1. The first-order valence-electron chi connectivity index (χ1n) is 8.98. The largest absolute Gasteiger partial charge is 0.366 e. The van der Waals surface area contributed by atoms with Crippen LogP contribution in [-0.4, -0.2) is 44.2 Å². The predicted molar refractivity (Wildman–Crippen MR) is 106 cm³/mol. The number of hydrogen-bond acceptors (Lipinski definition) is 4. The highest BCUT2D eigenvalue weighted by molar-refractivity contribution is 7.89. The molecule has 2 N–H and O–H groups in total. The van der Waals surface area contributed by atoms with Crippen LogP contribution in [0.25, 0.3) is 0 Å². The third-order valence-corrected chi connectivity index (χ3v) is 6.91. The molecule has 0 radical (unpaired) electrons. The summed E-state index contributed by atoms with van der Waals surface area (Å²) in [6, 6.07) is 12.2. The van der Waals surface area contributed by atoms with E-state index >= 15 is 0 Å². The van der Waals surface area contributed by atoms with Crippen molar-refractivity contribution in [1.82, 2.24) is 4.31 Å². The Kier molecular flexibility index (Phi) is 5.53. The highest BCUT2D eigenvalue weighted by Gasteiger charge is 2.40. The Hall–Kier alpha value is -2.71. The molecule has 8 heteroatoms. The van der Waals surface area contributed by atoms with E-state index in [4.69, 9.17) is 5.73 Å². The zero-order valence-corrected chi connectivity index (χ0v) is 16.6. The van der Waals surface area contributed by atoms with Gasteiger partial charge in [0.25, 0.3) is 0 Å². The van der Waals surface area contributed by atoms with Crippen LogP contribution >= 0.6 is 0 Å². The summed E-state index contributed by atoms with van der Waals surface area (Å²) in [4.78, 5) is 25.8. The minimum Gasteiger partial charge on any atom is -0.366 e. The van der Waals surface area contributed by atoms with Gasteiger partial charge in [-0.05, 0) is 56.2 Å². The number of benzene rings is 2. The number of carbonyl (C=O) groups excluding carboxylic acids is 2. The van der Waals surface area contributed by atoms with E-state index < -0.39 is 22.0 Å². The molecule has 148 valence electrons. The highest BCUT2D eigenvalue weighted by atomic mass is 32.2. The Morgan fingerprint density at radius 3 is 2.25 bits per heavy atom. The molecule has 7 nitrogen and oxygen atoms in total. The number of primary amides is 1. The van der Waals surface area contributed by atoms with Crippen molar-refractivity contribution in [3.63, 3.8) is 0 Å². The van der Waals surface area contributed by atoms with Crippen LogP contribution in [0.4, 0.5) is 5.69 Å². The Labute approximate surface area is 164 Å². The molecule has 0 spiro atoms. The van der Waals surface area contributed by atoms with Crippen LogP contribution in [-0.2, 0) is 14.8 Å². The smallest absolute Gasteiger partial charge is 0.248 e. The van der Waals surface area contributed by atoms with Gasteiger partial charge in [-0.3, -0.25) is 9.59 Å². The fourth-order valence-electron chi connectivity index (χ4n) is 3.32. The van der Waals surface area contributed by atoms with E-state index in [1.54, 1.807) is 43.4 Å². The fourth-order valence-corrected chi connectivity index (χ4v) is 4.97. The van der Waals surface area contributed by atoms with Crippen LogP contribution in [0.2, 0.25) is 0 Å². The number of sulfonamides is 1. The maximum Gasteiger partial charge on any atom is 0.248 e. The standard InChI is InChI=1S/C20H23N3O4S/c1-14-5-11-17(12-6-14)28(26,27)23-13-3-4-18(23)20(25)22(2)16-9-7-15(8-10-16)19(21)24/h5-12,18H,3-4,13H2,1-2H3,(H2,21,24)/t18-/m0/s1. The summed E-state index contributed by atoms with van der Waals surface area (Å²) in [5.74, 6) is -0.855. The van der Waals surface area contributed by atoms with Gasteiger partial charge >= 0.3 is 0 Å². The van der Waals surface area contributed by atoms with E-state index in [0.717, 1.165) is 5.56 Å². The van der Waals surface area contributed by atoms with Crippen molar-refractivity contribution in [3.8, 4) is 0 Å². The van der Waals surface area contributed by atoms with Gasteiger partial charge in [0.2, 0.25) is 21.8 Å². The van der Waals surface area contributed by atoms with Gasteiger partial charge in [0.15, 0.2) is 0 Å². The molecule has 2 aromatic rings. The lowest BCUT2D eigenvalue weighted by Crippen LogP contribution is -2.46. The number of aryl methyl sites for hydroxylation is 1. The Bertz CT molecular complexity index is 985. The summed E-state index contributed by atoms with van der Waals surface area (Å²) in [6.07, 6.45) is 1.09. The third-order valence-electron chi connectivity index (χ3n) is 4.99. The molecule has 0 unspecified atom stereocenters. The van der Waals surface area contributed by atoms with E-state index in [0.29, 0.717) is 30.6 Å². The molecule has 2 aromatic carbocycles. The highest BCUT2D eigenvalue weighted by Crippen LogP contribution is 2.28. The lowest BCUT2D eigenvalue weighted by atomic mass is 10.1. The van der Waals surface area contributed by atoms with Crippen LogP contribution in [0, 0.1) is 6.92 Å². The van der Waals surface area contributed by atoms with E-state index in [2.05, 4.69) is 0 Å². The summed E-state index contributed by atoms with van der Waals surface area (Å²) in [7, 11) is -2.16. The molecule has 2 amide bonds. The van der Waals surface area contributed by atoms with Crippen molar-refractivity contribution in [2.75, 3.05) is 18.5 Å². The second-order valence-electron chi connectivity index (χ2n) is 6.90. The van der Waals surface area contributed by atoms with Crippen molar-refractivity contribution in [1.29, 1.82) is 0 Å². The molecular weight excluding hydrogens is 378 g/mol. The normalized spacial score (nSPS) is 17.4. The van der Waals surface area contributed by atoms with E-state index in [-0.39, 0.29) is 10.8 Å². The van der Waals surface area contributed by atoms with Gasteiger partial charge in [0.1, 0.15) is 6.04 Å². The van der Waals surface area contributed by atoms with Gasteiger partial charge in [-0.2, -0.15) is 4.31 Å². The molecule has 0 aliphatic carbocycles. The molecule has 0 aromatic heterocycles. The third kappa shape index (κ3) is 3.79. The van der Waals surface area contributed by atoms with Gasteiger partial charge in [0, 0.05) is 24.8 Å². The molecule has 1 atom stereocenters. The first-order chi connectivity index (χ1) is 13.2. The van der Waals surface area contributed by atoms with Gasteiger partial charge in [-0.25, -0.2) is 8.42 Å². The topological polar surface area (TPSA) is 101 Å². The lowest BCUT2D eigenvalue weighted by Gasteiger charge is -2.27. The first-order valence-corrected chi connectivity index (χ1v) is 10.4. The maximum atomic E-state index is 13.0. The number of nitrogens with two attached hydrogens (primary N) is 1. The van der Waals surface area contributed by atoms with Crippen molar-refractivity contribution in [2.45, 2.75) is 30.7 Å². The molecule has 0 saturated carbocycles. The summed E-state index contributed by atoms with van der Waals surface area (Å²) in [5.41, 5.74) is 7.11. The second kappa shape index (κ2) is 7.73. The molecule has 1 saturated heterocycles. The number of nitrogens with zero attached hydrogens (tertiary/aromatic N) is 2. The molecule has 1 fully saturated rings. The molecular formula is C20H23N3O4S. The maximum absolute atomic E-state index is 13.0. The average molecular weight is 401 g/mol. The van der Waals surface area contributed by atoms with Gasteiger partial charge < -0.3 is 10.6 Å². The van der Waals surface area contributed by atoms with E-state index in [1.165, 1.54) is 21.3 Å². The van der Waals surface area contributed by atoms with E-state index in [1.807, 2.05) is 6.92 Å². The van der Waals surface area contributed by atoms with Crippen LogP contribution in [0.3, 0.4) is 0 Å². The minimum absolute atomic E-state index is 0.186. The molecule has 3 rings (SSSR count). The quantitative estimate of drug-likeness (QED) is 0.827. The van der Waals surface area contributed by atoms with Crippen molar-refractivity contribution >= 4 is 27.5 Å². The monoisotopic (exact) mass is 401 g/mol. The van der Waals surface area contributed by atoms with Gasteiger partial charge in [-0.1, -0.05) is 17.7 Å². The SMILES string of the molecule is Cc1ccc(S(=O)(=O)N2CCC[C@H]2C(=O)N(C)c2ccc(C(N)=O)cc2)cc1. The second-order valence-corrected chi connectivity index (χ2v) is 8.79. The molecule has 28 heavy (non-hydrogen) atoms. The predicted octanol–water partition coefficient (Wildman–Crippen LogP) is 1.91. The van der Waals surface area contributed by atoms with Crippen LogP contribution < -0.4 is 10.6 Å².